The molecule has 1 rings (SSSR count). The van der Waals surface area contributed by atoms with Crippen molar-refractivity contribution in [2.75, 3.05) is 0 Å². The van der Waals surface area contributed by atoms with Gasteiger partial charge in [-0.15, -0.1) is 0 Å². The molecule has 0 aliphatic rings. The van der Waals surface area contributed by atoms with Crippen LogP contribution in [0.1, 0.15) is 62.1 Å². The molecule has 2 nitrogen and oxygen atoms in total. The highest BCUT2D eigenvalue weighted by molar-refractivity contribution is 5.29. The standard InChI is InChI=1S/C17H30N2/c1-4-5-6-7-8-9-17(19-18)13-16-11-14(2)10-15(3)12-16/h10-12,17,19H,4-9,13,18H2,1-3H3. The van der Waals surface area contributed by atoms with Gasteiger partial charge in [-0.25, -0.2) is 0 Å². The number of benzene rings is 1. The van der Waals surface area contributed by atoms with Crippen LogP contribution in [-0.4, -0.2) is 6.04 Å². The predicted octanol–water partition coefficient (Wildman–Crippen LogP) is 4.04. The number of rotatable bonds is 9. The van der Waals surface area contributed by atoms with Gasteiger partial charge >= 0.3 is 0 Å². The van der Waals surface area contributed by atoms with Crippen molar-refractivity contribution in [3.63, 3.8) is 0 Å². The van der Waals surface area contributed by atoms with Crippen LogP contribution in [0, 0.1) is 13.8 Å². The van der Waals surface area contributed by atoms with Crippen molar-refractivity contribution in [1.82, 2.24) is 5.43 Å². The maximum atomic E-state index is 5.69. The molecule has 19 heavy (non-hydrogen) atoms. The topological polar surface area (TPSA) is 38.0 Å². The Hall–Kier alpha value is -0.860. The van der Waals surface area contributed by atoms with E-state index in [9.17, 15) is 0 Å². The molecule has 1 aromatic rings. The van der Waals surface area contributed by atoms with Crippen LogP contribution in [0.5, 0.6) is 0 Å². The van der Waals surface area contributed by atoms with E-state index in [1.165, 1.54) is 55.2 Å². The highest BCUT2D eigenvalue weighted by atomic mass is 15.2. The Morgan fingerprint density at radius 1 is 1.00 bits per heavy atom. The molecule has 0 radical (unpaired) electrons. The number of unbranched alkanes of at least 4 members (excludes halogenated alkanes) is 4. The quantitative estimate of drug-likeness (QED) is 0.400. The van der Waals surface area contributed by atoms with Crippen LogP contribution in [0.2, 0.25) is 0 Å². The van der Waals surface area contributed by atoms with Crippen molar-refractivity contribution in [3.05, 3.63) is 34.9 Å². The zero-order valence-corrected chi connectivity index (χ0v) is 12.8. The Morgan fingerprint density at radius 2 is 1.63 bits per heavy atom. The normalized spacial score (nSPS) is 12.6. The van der Waals surface area contributed by atoms with Gasteiger partial charge in [0, 0.05) is 6.04 Å². The highest BCUT2D eigenvalue weighted by Gasteiger charge is 2.08. The molecular formula is C17H30N2. The number of hydrogen-bond acceptors (Lipinski definition) is 2. The average Bonchev–Trinajstić information content (AvgIpc) is 2.36. The van der Waals surface area contributed by atoms with Crippen LogP contribution in [0.3, 0.4) is 0 Å². The third-order valence-electron chi connectivity index (χ3n) is 3.66. The first-order chi connectivity index (χ1) is 9.15. The number of nitrogens with two attached hydrogens (primary N) is 1. The molecule has 0 fully saturated rings. The largest absolute Gasteiger partial charge is 0.271 e. The van der Waals surface area contributed by atoms with Gasteiger partial charge in [-0.1, -0.05) is 68.4 Å². The van der Waals surface area contributed by atoms with Crippen LogP contribution in [0.15, 0.2) is 18.2 Å². The summed E-state index contributed by atoms with van der Waals surface area (Å²) in [4.78, 5) is 0. The van der Waals surface area contributed by atoms with E-state index in [0.29, 0.717) is 6.04 Å². The molecule has 1 unspecified atom stereocenters. The fraction of sp³-hybridized carbons (Fsp3) is 0.647. The molecule has 0 aliphatic heterocycles. The maximum absolute atomic E-state index is 5.69. The Balaban J connectivity index is 2.38. The zero-order valence-electron chi connectivity index (χ0n) is 12.8. The molecule has 0 saturated heterocycles. The number of aryl methyl sites for hydroxylation is 2. The lowest BCUT2D eigenvalue weighted by Crippen LogP contribution is -2.36. The molecule has 0 bridgehead atoms. The van der Waals surface area contributed by atoms with Crippen molar-refractivity contribution in [1.29, 1.82) is 0 Å². The summed E-state index contributed by atoms with van der Waals surface area (Å²) in [5.41, 5.74) is 7.06. The van der Waals surface area contributed by atoms with Gasteiger partial charge < -0.3 is 0 Å². The van der Waals surface area contributed by atoms with E-state index < -0.39 is 0 Å². The summed E-state index contributed by atoms with van der Waals surface area (Å²) >= 11 is 0. The summed E-state index contributed by atoms with van der Waals surface area (Å²) in [6, 6.07) is 7.17. The van der Waals surface area contributed by atoms with Crippen molar-refractivity contribution in [3.8, 4) is 0 Å². The van der Waals surface area contributed by atoms with Gasteiger partial charge in [-0.2, -0.15) is 0 Å². The van der Waals surface area contributed by atoms with Gasteiger partial charge in [-0.3, -0.25) is 11.3 Å². The molecule has 108 valence electrons. The molecule has 1 aromatic carbocycles. The molecule has 0 heterocycles. The molecule has 3 N–H and O–H groups in total. The Bertz CT molecular complexity index is 340. The average molecular weight is 262 g/mol. The fourth-order valence-corrected chi connectivity index (χ4v) is 2.71. The first-order valence-corrected chi connectivity index (χ1v) is 7.69. The Labute approximate surface area is 118 Å². The summed E-state index contributed by atoms with van der Waals surface area (Å²) in [6.07, 6.45) is 8.84. The van der Waals surface area contributed by atoms with Crippen LogP contribution in [0.25, 0.3) is 0 Å². The monoisotopic (exact) mass is 262 g/mol. The summed E-state index contributed by atoms with van der Waals surface area (Å²) in [7, 11) is 0. The summed E-state index contributed by atoms with van der Waals surface area (Å²) in [5.74, 6) is 5.69. The molecule has 0 aliphatic carbocycles. The maximum Gasteiger partial charge on any atom is 0.0250 e. The minimum absolute atomic E-state index is 0.405. The number of hydrogen-bond donors (Lipinski definition) is 2. The molecule has 1 atom stereocenters. The third-order valence-corrected chi connectivity index (χ3v) is 3.66. The van der Waals surface area contributed by atoms with Crippen molar-refractivity contribution in [2.45, 2.75) is 71.8 Å². The zero-order chi connectivity index (χ0) is 14.1. The molecule has 0 spiro atoms. The Morgan fingerprint density at radius 3 is 2.21 bits per heavy atom. The van der Waals surface area contributed by atoms with E-state index in [0.717, 1.165) is 6.42 Å². The van der Waals surface area contributed by atoms with Gasteiger partial charge in [0.25, 0.3) is 0 Å². The van der Waals surface area contributed by atoms with Gasteiger partial charge in [0.15, 0.2) is 0 Å². The lowest BCUT2D eigenvalue weighted by Gasteiger charge is -2.16. The van der Waals surface area contributed by atoms with Crippen molar-refractivity contribution < 1.29 is 0 Å². The molecule has 2 heteroatoms. The van der Waals surface area contributed by atoms with Gasteiger partial charge in [0.05, 0.1) is 0 Å². The smallest absolute Gasteiger partial charge is 0.0250 e. The lowest BCUT2D eigenvalue weighted by atomic mass is 9.98. The van der Waals surface area contributed by atoms with Crippen LogP contribution >= 0.6 is 0 Å². The SMILES string of the molecule is CCCCCCCC(Cc1cc(C)cc(C)c1)NN. The lowest BCUT2D eigenvalue weighted by molar-refractivity contribution is 0.461. The number of hydrazine groups is 1. The fourth-order valence-electron chi connectivity index (χ4n) is 2.71. The first kappa shape index (κ1) is 16.2. The van der Waals surface area contributed by atoms with E-state index in [2.05, 4.69) is 44.4 Å². The Kier molecular flexibility index (Phi) is 7.76. The van der Waals surface area contributed by atoms with Crippen LogP contribution < -0.4 is 11.3 Å². The second-order valence-corrected chi connectivity index (χ2v) is 5.77. The molecular weight excluding hydrogens is 232 g/mol. The third kappa shape index (κ3) is 6.74. The van der Waals surface area contributed by atoms with Crippen molar-refractivity contribution in [2.24, 2.45) is 5.84 Å². The molecule has 0 amide bonds. The molecule has 0 aromatic heterocycles. The second kappa shape index (κ2) is 9.11. The minimum Gasteiger partial charge on any atom is -0.271 e. The second-order valence-electron chi connectivity index (χ2n) is 5.77. The summed E-state index contributed by atoms with van der Waals surface area (Å²) < 4.78 is 0. The summed E-state index contributed by atoms with van der Waals surface area (Å²) in [6.45, 7) is 6.57. The van der Waals surface area contributed by atoms with Gasteiger partial charge in [-0.05, 0) is 32.3 Å². The first-order valence-electron chi connectivity index (χ1n) is 7.69. The summed E-state index contributed by atoms with van der Waals surface area (Å²) in [5, 5.41) is 0. The highest BCUT2D eigenvalue weighted by Crippen LogP contribution is 2.14. The van der Waals surface area contributed by atoms with E-state index in [-0.39, 0.29) is 0 Å². The van der Waals surface area contributed by atoms with Gasteiger partial charge in [0.2, 0.25) is 0 Å². The van der Waals surface area contributed by atoms with Crippen LogP contribution in [-0.2, 0) is 6.42 Å². The van der Waals surface area contributed by atoms with E-state index in [1.54, 1.807) is 0 Å². The minimum atomic E-state index is 0.405. The van der Waals surface area contributed by atoms with E-state index >= 15 is 0 Å². The predicted molar refractivity (Wildman–Crippen MR) is 84.1 cm³/mol. The number of nitrogens with one attached hydrogen (secondary N) is 1. The van der Waals surface area contributed by atoms with Gasteiger partial charge in [0.1, 0.15) is 0 Å². The van der Waals surface area contributed by atoms with Crippen molar-refractivity contribution >= 4 is 0 Å². The van der Waals surface area contributed by atoms with E-state index in [4.69, 9.17) is 5.84 Å². The van der Waals surface area contributed by atoms with E-state index in [1.807, 2.05) is 0 Å². The molecule has 0 saturated carbocycles. The van der Waals surface area contributed by atoms with Crippen LogP contribution in [0.4, 0.5) is 0 Å².